The molecule has 0 atom stereocenters. The summed E-state index contributed by atoms with van der Waals surface area (Å²) in [6.07, 6.45) is 5.70. The Morgan fingerprint density at radius 3 is 1.14 bits per heavy atom. The van der Waals surface area contributed by atoms with E-state index in [1.807, 2.05) is 30.7 Å². The summed E-state index contributed by atoms with van der Waals surface area (Å²) in [6.45, 7) is 0. The number of benzene rings is 14. The van der Waals surface area contributed by atoms with Crippen molar-refractivity contribution in [3.63, 3.8) is 0 Å². The Labute approximate surface area is 522 Å². The lowest BCUT2D eigenvalue weighted by Gasteiger charge is -2.27. The van der Waals surface area contributed by atoms with Crippen LogP contribution in [0.4, 0.5) is 34.3 Å². The molecule has 14 aromatic carbocycles. The third kappa shape index (κ3) is 7.95. The molecule has 4 nitrogen and oxygen atoms in total. The van der Waals surface area contributed by atoms with Crippen molar-refractivity contribution in [3.8, 4) is 100 Å². The monoisotopic (exact) mass is 1140 g/mol. The smallest absolute Gasteiger partial charge is 0.137 e. The lowest BCUT2D eigenvalue weighted by molar-refractivity contribution is 1.19. The van der Waals surface area contributed by atoms with Gasteiger partial charge in [0, 0.05) is 34.5 Å². The molecule has 0 amide bonds. The van der Waals surface area contributed by atoms with Gasteiger partial charge in [-0.05, 0) is 199 Å². The summed E-state index contributed by atoms with van der Waals surface area (Å²) in [5.41, 5.74) is 27.2. The first-order valence-electron chi connectivity index (χ1n) is 30.9. The highest BCUT2D eigenvalue weighted by atomic mass is 15.2. The summed E-state index contributed by atoms with van der Waals surface area (Å²) in [6, 6.07) is 113. The van der Waals surface area contributed by atoms with E-state index >= 15 is 0 Å². The Morgan fingerprint density at radius 1 is 0.222 bits per heavy atom. The van der Waals surface area contributed by atoms with Gasteiger partial charge in [0.25, 0.3) is 0 Å². The van der Waals surface area contributed by atoms with E-state index in [0.717, 1.165) is 50.8 Å². The van der Waals surface area contributed by atoms with Crippen molar-refractivity contribution in [1.82, 2.24) is 9.97 Å². The first-order chi connectivity index (χ1) is 44.7. The van der Waals surface area contributed by atoms with Crippen molar-refractivity contribution in [3.05, 3.63) is 328 Å². The number of pyridine rings is 2. The normalized spacial score (nSPS) is 11.8. The number of hydrogen-bond donors (Lipinski definition) is 0. The molecular formula is C86H54N4. The van der Waals surface area contributed by atoms with Crippen LogP contribution in [0, 0.1) is 0 Å². The zero-order chi connectivity index (χ0) is 59.2. The number of anilines is 6. The van der Waals surface area contributed by atoms with Crippen LogP contribution in [0.2, 0.25) is 0 Å². The van der Waals surface area contributed by atoms with E-state index in [-0.39, 0.29) is 0 Å². The molecule has 0 aliphatic heterocycles. The highest BCUT2D eigenvalue weighted by Gasteiger charge is 2.35. The van der Waals surface area contributed by atoms with E-state index in [1.165, 1.54) is 127 Å². The van der Waals surface area contributed by atoms with Crippen LogP contribution in [0.1, 0.15) is 0 Å². The Bertz CT molecular complexity index is 5370. The third-order valence-corrected chi connectivity index (χ3v) is 18.6. The molecule has 0 unspecified atom stereocenters. The standard InChI is InChI=1S/C86H54N4/c1-6-24-55(25-7-1)77-64-37-16-17-38-65(64)78(56-26-8-2-9-27-56)85-72-47-49-75(68-40-22-41-69(82(68)72)83(77)85)90(76-43-18-19-51-88-76)62-35-20-32-59(52-62)60-44-45-66-73(53-60)80(58-30-12-4-13-31-58)84-70-42-21-39-67-74(89(61-33-14-5-15-34-61)63-36-23-50-87-54-63)48-46-71(81(67)70)86(84)79(66)57-28-10-3-11-29-57/h1-54H. The summed E-state index contributed by atoms with van der Waals surface area (Å²) in [5.74, 6) is 0.837. The molecule has 2 heterocycles. The zero-order valence-corrected chi connectivity index (χ0v) is 49.0. The fourth-order valence-electron chi connectivity index (χ4n) is 15.0. The molecule has 2 aliphatic rings. The van der Waals surface area contributed by atoms with Crippen LogP contribution < -0.4 is 9.80 Å². The average Bonchev–Trinajstić information content (AvgIpc) is 1.58. The first-order valence-corrected chi connectivity index (χ1v) is 30.9. The summed E-state index contributed by atoms with van der Waals surface area (Å²) >= 11 is 0. The SMILES string of the molecule is c1ccc(-c2c3c(c(-c4ccccc4)c4cc(-c5cccc(N(c6ccccn6)c6ccc7c8c(cccc68)-c6c-7c(-c7ccccc7)c7ccccc7c6-c6ccccc6)c5)ccc24)-c2cccc4c(N(c5ccccc5)c5cccnc5)ccc-3c24)cc1. The molecule has 0 bridgehead atoms. The molecule has 0 spiro atoms. The molecule has 18 rings (SSSR count). The van der Waals surface area contributed by atoms with Gasteiger partial charge in [0.1, 0.15) is 5.82 Å². The maximum Gasteiger partial charge on any atom is 0.137 e. The van der Waals surface area contributed by atoms with Gasteiger partial charge in [-0.2, -0.15) is 0 Å². The van der Waals surface area contributed by atoms with Crippen molar-refractivity contribution in [1.29, 1.82) is 0 Å². The highest BCUT2D eigenvalue weighted by Crippen LogP contribution is 2.62. The third-order valence-electron chi connectivity index (χ3n) is 18.6. The lowest BCUT2D eigenvalue weighted by atomic mass is 9.82. The molecular weight excluding hydrogens is 1090 g/mol. The van der Waals surface area contributed by atoms with Crippen molar-refractivity contribution < 1.29 is 0 Å². The van der Waals surface area contributed by atoms with E-state index < -0.39 is 0 Å². The van der Waals surface area contributed by atoms with Crippen LogP contribution in [0.15, 0.2) is 328 Å². The van der Waals surface area contributed by atoms with Gasteiger partial charge in [0.05, 0.1) is 23.3 Å². The summed E-state index contributed by atoms with van der Waals surface area (Å²) in [7, 11) is 0. The molecule has 4 heteroatoms. The number of aromatic nitrogens is 2. The molecule has 418 valence electrons. The Kier molecular flexibility index (Phi) is 11.9. The molecule has 2 aromatic heterocycles. The minimum atomic E-state index is 0.837. The number of para-hydroxylation sites is 1. The van der Waals surface area contributed by atoms with Crippen molar-refractivity contribution in [2.75, 3.05) is 9.80 Å². The number of fused-ring (bicyclic) bond motifs is 8. The molecule has 16 aromatic rings. The van der Waals surface area contributed by atoms with Crippen molar-refractivity contribution in [2.24, 2.45) is 0 Å². The maximum atomic E-state index is 5.14. The van der Waals surface area contributed by atoms with Crippen LogP contribution in [0.5, 0.6) is 0 Å². The van der Waals surface area contributed by atoms with Gasteiger partial charge in [-0.15, -0.1) is 0 Å². The Morgan fingerprint density at radius 2 is 0.633 bits per heavy atom. The zero-order valence-electron chi connectivity index (χ0n) is 49.0. The lowest BCUT2D eigenvalue weighted by Crippen LogP contribution is -2.12. The Hall–Kier alpha value is -12.0. The van der Waals surface area contributed by atoms with Crippen LogP contribution in [-0.4, -0.2) is 9.97 Å². The molecule has 0 N–H and O–H groups in total. The van der Waals surface area contributed by atoms with E-state index in [9.17, 15) is 0 Å². The topological polar surface area (TPSA) is 32.3 Å². The van der Waals surface area contributed by atoms with Crippen LogP contribution in [-0.2, 0) is 0 Å². The first kappa shape index (κ1) is 51.3. The van der Waals surface area contributed by atoms with Crippen molar-refractivity contribution in [2.45, 2.75) is 0 Å². The number of rotatable bonds is 11. The van der Waals surface area contributed by atoms with Gasteiger partial charge < -0.3 is 4.90 Å². The number of nitrogens with zero attached hydrogens (tertiary/aromatic N) is 4. The van der Waals surface area contributed by atoms with E-state index in [2.05, 4.69) is 312 Å². The fraction of sp³-hybridized carbons (Fsp3) is 0. The van der Waals surface area contributed by atoms with Gasteiger partial charge in [-0.25, -0.2) is 4.98 Å². The highest BCUT2D eigenvalue weighted by molar-refractivity contribution is 6.31. The second-order valence-electron chi connectivity index (χ2n) is 23.4. The fourth-order valence-corrected chi connectivity index (χ4v) is 15.0. The molecule has 0 saturated heterocycles. The molecule has 0 fully saturated rings. The second-order valence-corrected chi connectivity index (χ2v) is 23.4. The largest absolute Gasteiger partial charge is 0.308 e. The minimum absolute atomic E-state index is 0.837. The molecule has 0 saturated carbocycles. The van der Waals surface area contributed by atoms with Gasteiger partial charge >= 0.3 is 0 Å². The van der Waals surface area contributed by atoms with Gasteiger partial charge in [-0.1, -0.05) is 243 Å². The summed E-state index contributed by atoms with van der Waals surface area (Å²) in [4.78, 5) is 14.5. The molecule has 0 radical (unpaired) electrons. The van der Waals surface area contributed by atoms with Gasteiger partial charge in [0.15, 0.2) is 0 Å². The number of hydrogen-bond acceptors (Lipinski definition) is 4. The van der Waals surface area contributed by atoms with Crippen molar-refractivity contribution >= 4 is 77.3 Å². The minimum Gasteiger partial charge on any atom is -0.308 e. The maximum absolute atomic E-state index is 5.14. The summed E-state index contributed by atoms with van der Waals surface area (Å²) < 4.78 is 0. The van der Waals surface area contributed by atoms with E-state index in [0.29, 0.717) is 0 Å². The molecule has 90 heavy (non-hydrogen) atoms. The summed E-state index contributed by atoms with van der Waals surface area (Å²) in [5, 5.41) is 9.71. The average molecular weight is 1140 g/mol. The van der Waals surface area contributed by atoms with Crippen LogP contribution in [0.3, 0.4) is 0 Å². The predicted octanol–water partition coefficient (Wildman–Crippen LogP) is 23.7. The quantitative estimate of drug-likeness (QED) is 0.129. The Balaban J connectivity index is 0.844. The molecule has 2 aliphatic carbocycles. The van der Waals surface area contributed by atoms with Gasteiger partial charge in [-0.3, -0.25) is 9.88 Å². The van der Waals surface area contributed by atoms with Gasteiger partial charge in [0.2, 0.25) is 0 Å². The van der Waals surface area contributed by atoms with E-state index in [1.54, 1.807) is 0 Å². The predicted molar refractivity (Wildman–Crippen MR) is 377 cm³/mol. The van der Waals surface area contributed by atoms with Crippen LogP contribution >= 0.6 is 0 Å². The second kappa shape index (κ2) is 20.9. The van der Waals surface area contributed by atoms with Crippen LogP contribution in [0.25, 0.3) is 143 Å². The van der Waals surface area contributed by atoms with E-state index in [4.69, 9.17) is 4.98 Å².